The molecular weight excluding hydrogens is 370 g/mol. The van der Waals surface area contributed by atoms with Crippen LogP contribution in [0, 0.1) is 10.8 Å². The fourth-order valence-electron chi connectivity index (χ4n) is 4.45. The molecule has 2 aliphatic rings. The molecule has 1 N–H and O–H groups in total. The van der Waals surface area contributed by atoms with Crippen LogP contribution in [-0.2, 0) is 32.2 Å². The van der Waals surface area contributed by atoms with Gasteiger partial charge in [-0.15, -0.1) is 0 Å². The molecular formula is C22H27N3O4. The number of anilines is 1. The number of hydrogen-bond donors (Lipinski definition) is 1. The molecule has 2 atom stereocenters. The molecule has 1 aliphatic heterocycles. The van der Waals surface area contributed by atoms with Crippen molar-refractivity contribution < 1.29 is 19.1 Å². The lowest BCUT2D eigenvalue weighted by atomic mass is 9.66. The lowest BCUT2D eigenvalue weighted by molar-refractivity contribution is -0.165. The number of esters is 1. The quantitative estimate of drug-likeness (QED) is 0.573. The van der Waals surface area contributed by atoms with Gasteiger partial charge in [0.25, 0.3) is 5.91 Å². The highest BCUT2D eigenvalue weighted by Gasteiger charge is 2.75. The topological polar surface area (TPSA) is 82.5 Å². The van der Waals surface area contributed by atoms with Crippen LogP contribution in [0.2, 0.25) is 0 Å². The highest BCUT2D eigenvalue weighted by molar-refractivity contribution is 6.03. The molecule has 7 heteroatoms. The van der Waals surface area contributed by atoms with E-state index in [4.69, 9.17) is 9.47 Å². The molecule has 7 nitrogen and oxygen atoms in total. The van der Waals surface area contributed by atoms with Gasteiger partial charge in [0.15, 0.2) is 5.60 Å². The Hall–Kier alpha value is -2.67. The van der Waals surface area contributed by atoms with Crippen LogP contribution in [0.4, 0.5) is 5.69 Å². The minimum atomic E-state index is -1.13. The predicted molar refractivity (Wildman–Crippen MR) is 107 cm³/mol. The number of benzene rings is 1. The maximum Gasteiger partial charge on any atom is 0.313 e. The molecule has 0 radical (unpaired) electrons. The van der Waals surface area contributed by atoms with Gasteiger partial charge in [0.05, 0.1) is 37.1 Å². The third-order valence-corrected chi connectivity index (χ3v) is 6.92. The van der Waals surface area contributed by atoms with Crippen molar-refractivity contribution in [3.63, 3.8) is 0 Å². The lowest BCUT2D eigenvalue weighted by Crippen LogP contribution is -2.50. The van der Waals surface area contributed by atoms with Crippen molar-refractivity contribution in [2.75, 3.05) is 11.9 Å². The highest BCUT2D eigenvalue weighted by Crippen LogP contribution is 2.65. The number of carbonyl (C=O) groups excluding carboxylic acids is 2. The zero-order valence-corrected chi connectivity index (χ0v) is 17.1. The molecule has 1 saturated carbocycles. The van der Waals surface area contributed by atoms with Crippen molar-refractivity contribution in [3.8, 4) is 0 Å². The summed E-state index contributed by atoms with van der Waals surface area (Å²) in [4.78, 5) is 25.4. The average molecular weight is 397 g/mol. The van der Waals surface area contributed by atoms with Gasteiger partial charge in [-0.05, 0) is 25.3 Å². The van der Waals surface area contributed by atoms with Crippen molar-refractivity contribution in [1.29, 1.82) is 0 Å². The van der Waals surface area contributed by atoms with Crippen LogP contribution in [0.3, 0.4) is 0 Å². The molecule has 29 heavy (non-hydrogen) atoms. The summed E-state index contributed by atoms with van der Waals surface area (Å²) in [5.41, 5.74) is -0.607. The summed E-state index contributed by atoms with van der Waals surface area (Å²) >= 11 is 0. The number of nitrogens with zero attached hydrogens (tertiary/aromatic N) is 2. The normalized spacial score (nSPS) is 27.1. The van der Waals surface area contributed by atoms with Gasteiger partial charge in [-0.2, -0.15) is 5.10 Å². The first-order chi connectivity index (χ1) is 13.8. The number of aromatic nitrogens is 2. The molecule has 0 unspecified atom stereocenters. The zero-order chi connectivity index (χ0) is 20.7. The Morgan fingerprint density at radius 2 is 2.00 bits per heavy atom. The summed E-state index contributed by atoms with van der Waals surface area (Å²) in [5, 5.41) is 7.17. The fraction of sp³-hybridized carbons (Fsp3) is 0.500. The van der Waals surface area contributed by atoms with Crippen LogP contribution in [0.15, 0.2) is 42.7 Å². The second-order valence-corrected chi connectivity index (χ2v) is 8.66. The third kappa shape index (κ3) is 3.04. The maximum atomic E-state index is 13.1. The third-order valence-electron chi connectivity index (χ3n) is 6.92. The van der Waals surface area contributed by atoms with Gasteiger partial charge in [0.2, 0.25) is 0 Å². The van der Waals surface area contributed by atoms with Gasteiger partial charge in [0, 0.05) is 11.6 Å². The van der Waals surface area contributed by atoms with Gasteiger partial charge >= 0.3 is 5.97 Å². The molecule has 154 valence electrons. The zero-order valence-electron chi connectivity index (χ0n) is 17.1. The Morgan fingerprint density at radius 3 is 2.66 bits per heavy atom. The van der Waals surface area contributed by atoms with E-state index in [2.05, 4.69) is 10.4 Å². The van der Waals surface area contributed by atoms with Crippen LogP contribution >= 0.6 is 0 Å². The van der Waals surface area contributed by atoms with Crippen LogP contribution in [-0.4, -0.2) is 33.9 Å². The molecule has 1 aliphatic carbocycles. The minimum absolute atomic E-state index is 0.281. The highest BCUT2D eigenvalue weighted by atomic mass is 16.6. The Balaban J connectivity index is 1.34. The summed E-state index contributed by atoms with van der Waals surface area (Å²) in [6.07, 6.45) is 4.56. The SMILES string of the molecule is CC1(C)[C@@]2(C)CC[C@]1(C(=O)Nc1cnn(CCOCc3ccccc3)c1)OC2=O. The van der Waals surface area contributed by atoms with E-state index in [0.717, 1.165) is 5.56 Å². The number of carbonyl (C=O) groups is 2. The molecule has 1 saturated heterocycles. The second kappa shape index (κ2) is 6.99. The Kier molecular flexibility index (Phi) is 4.73. The van der Waals surface area contributed by atoms with E-state index >= 15 is 0 Å². The molecule has 1 amide bonds. The molecule has 1 aromatic heterocycles. The van der Waals surface area contributed by atoms with Crippen LogP contribution in [0.5, 0.6) is 0 Å². The largest absolute Gasteiger partial charge is 0.448 e. The van der Waals surface area contributed by atoms with Crippen molar-refractivity contribution in [2.45, 2.75) is 52.4 Å². The van der Waals surface area contributed by atoms with E-state index < -0.39 is 16.4 Å². The summed E-state index contributed by atoms with van der Waals surface area (Å²) in [5.74, 6) is -0.563. The molecule has 1 aromatic carbocycles. The van der Waals surface area contributed by atoms with E-state index in [1.54, 1.807) is 17.1 Å². The van der Waals surface area contributed by atoms with Crippen LogP contribution < -0.4 is 5.32 Å². The summed E-state index contributed by atoms with van der Waals surface area (Å²) in [6, 6.07) is 9.98. The summed E-state index contributed by atoms with van der Waals surface area (Å²) < 4.78 is 13.0. The fourth-order valence-corrected chi connectivity index (χ4v) is 4.45. The molecule has 2 heterocycles. The van der Waals surface area contributed by atoms with Crippen LogP contribution in [0.1, 0.15) is 39.2 Å². The Morgan fingerprint density at radius 1 is 1.24 bits per heavy atom. The van der Waals surface area contributed by atoms with Crippen molar-refractivity contribution in [1.82, 2.24) is 9.78 Å². The summed E-state index contributed by atoms with van der Waals surface area (Å²) in [7, 11) is 0. The number of rotatable bonds is 7. The number of amides is 1. The van der Waals surface area contributed by atoms with E-state index in [1.807, 2.05) is 51.1 Å². The Bertz CT molecular complexity index is 923. The molecule has 0 spiro atoms. The number of hydrogen-bond acceptors (Lipinski definition) is 5. The Labute approximate surface area is 170 Å². The number of ether oxygens (including phenoxy) is 2. The summed E-state index contributed by atoms with van der Waals surface area (Å²) in [6.45, 7) is 7.41. The van der Waals surface area contributed by atoms with E-state index in [0.29, 0.717) is 38.3 Å². The van der Waals surface area contributed by atoms with Crippen molar-refractivity contribution >= 4 is 17.6 Å². The smallest absolute Gasteiger partial charge is 0.313 e. The van der Waals surface area contributed by atoms with Crippen molar-refractivity contribution in [2.24, 2.45) is 10.8 Å². The molecule has 2 aromatic rings. The van der Waals surface area contributed by atoms with Gasteiger partial charge in [-0.25, -0.2) is 0 Å². The first kappa shape index (κ1) is 19.6. The first-order valence-electron chi connectivity index (χ1n) is 9.98. The van der Waals surface area contributed by atoms with Crippen LogP contribution in [0.25, 0.3) is 0 Å². The molecule has 2 bridgehead atoms. The first-order valence-corrected chi connectivity index (χ1v) is 9.98. The minimum Gasteiger partial charge on any atom is -0.448 e. The van der Waals surface area contributed by atoms with E-state index in [-0.39, 0.29) is 11.9 Å². The van der Waals surface area contributed by atoms with E-state index in [1.165, 1.54) is 0 Å². The average Bonchev–Trinajstić information content (AvgIpc) is 3.27. The van der Waals surface area contributed by atoms with E-state index in [9.17, 15) is 9.59 Å². The lowest BCUT2D eigenvalue weighted by Gasteiger charge is -2.35. The van der Waals surface area contributed by atoms with Gasteiger partial charge in [-0.3, -0.25) is 14.3 Å². The predicted octanol–water partition coefficient (Wildman–Crippen LogP) is 3.16. The maximum absolute atomic E-state index is 13.1. The van der Waals surface area contributed by atoms with Gasteiger partial charge in [-0.1, -0.05) is 44.2 Å². The van der Waals surface area contributed by atoms with Crippen molar-refractivity contribution in [3.05, 3.63) is 48.3 Å². The van der Waals surface area contributed by atoms with Gasteiger partial charge < -0.3 is 14.8 Å². The molecule has 4 rings (SSSR count). The molecule has 2 fully saturated rings. The second-order valence-electron chi connectivity index (χ2n) is 8.66. The number of fused-ring (bicyclic) bond motifs is 2. The number of nitrogens with one attached hydrogen (secondary N) is 1. The standard InChI is InChI=1S/C22H27N3O4/c1-20(2)21(3)9-10-22(20,29-19(21)27)18(26)24-17-13-23-25(14-17)11-12-28-15-16-7-5-4-6-8-16/h4-8,13-14H,9-12,15H2,1-3H3,(H,24,26)/t21-,22+/m0/s1. The van der Waals surface area contributed by atoms with Gasteiger partial charge in [0.1, 0.15) is 0 Å². The monoisotopic (exact) mass is 397 g/mol.